The van der Waals surface area contributed by atoms with Crippen molar-refractivity contribution < 1.29 is 21.5 Å². The maximum Gasteiger partial charge on any atom is 0.169 e. The third kappa shape index (κ3) is 3.86. The van der Waals surface area contributed by atoms with Gasteiger partial charge in [0.2, 0.25) is 0 Å². The van der Waals surface area contributed by atoms with Crippen LogP contribution in [0.1, 0.15) is 19.4 Å². The van der Waals surface area contributed by atoms with Crippen LogP contribution in [0.15, 0.2) is 24.5 Å². The molecule has 0 unspecified atom stereocenters. The number of hydrogen-bond donors (Lipinski definition) is 0. The molecule has 1 aromatic heterocycles. The van der Waals surface area contributed by atoms with E-state index in [1.807, 2.05) is 0 Å². The number of hydrogen-bond acceptors (Lipinski definition) is 0. The van der Waals surface area contributed by atoms with Crippen molar-refractivity contribution in [1.29, 1.82) is 0 Å². The maximum absolute atomic E-state index is 2.23. The van der Waals surface area contributed by atoms with E-state index in [4.69, 9.17) is 0 Å². The standard InChI is InChI=1S/C10H16N.BrH/c1-9(2)8-11-6-4-10(3)5-7-11;/h4-7,9H,8H2,1-3H3;1H/q+1;/p-1. The highest BCUT2D eigenvalue weighted by Crippen LogP contribution is 1.93. The number of pyridine rings is 1. The molecule has 68 valence electrons. The first-order valence-electron chi connectivity index (χ1n) is 4.14. The zero-order valence-electron chi connectivity index (χ0n) is 7.92. The summed E-state index contributed by atoms with van der Waals surface area (Å²) in [6.07, 6.45) is 4.27. The predicted octanol–water partition coefficient (Wildman–Crippen LogP) is -1.06. The number of nitrogens with zero attached hydrogens (tertiary/aromatic N) is 1. The summed E-state index contributed by atoms with van der Waals surface area (Å²) < 4.78 is 2.22. The number of aromatic nitrogens is 1. The number of halogens is 1. The maximum atomic E-state index is 2.23. The Morgan fingerprint density at radius 2 is 1.75 bits per heavy atom. The van der Waals surface area contributed by atoms with Gasteiger partial charge in [0.15, 0.2) is 18.9 Å². The molecule has 0 aliphatic carbocycles. The van der Waals surface area contributed by atoms with Crippen LogP contribution in [-0.2, 0) is 6.54 Å². The second-order valence-electron chi connectivity index (χ2n) is 3.47. The fourth-order valence-electron chi connectivity index (χ4n) is 1.08. The van der Waals surface area contributed by atoms with Crippen molar-refractivity contribution in [1.82, 2.24) is 0 Å². The molecule has 1 rings (SSSR count). The fraction of sp³-hybridized carbons (Fsp3) is 0.500. The average Bonchev–Trinajstić information content (AvgIpc) is 1.93. The van der Waals surface area contributed by atoms with Gasteiger partial charge in [-0.25, -0.2) is 4.57 Å². The van der Waals surface area contributed by atoms with Gasteiger partial charge in [-0.05, 0) is 12.5 Å². The Kier molecular flexibility index (Phi) is 5.14. The first-order chi connectivity index (χ1) is 5.18. The fourth-order valence-corrected chi connectivity index (χ4v) is 1.08. The van der Waals surface area contributed by atoms with Crippen molar-refractivity contribution in [2.24, 2.45) is 5.92 Å². The molecule has 0 radical (unpaired) electrons. The molecule has 0 fully saturated rings. The Morgan fingerprint density at radius 3 is 2.17 bits per heavy atom. The molecule has 0 aliphatic heterocycles. The van der Waals surface area contributed by atoms with Crippen molar-refractivity contribution in [3.63, 3.8) is 0 Å². The van der Waals surface area contributed by atoms with Crippen LogP contribution >= 0.6 is 0 Å². The van der Waals surface area contributed by atoms with Crippen molar-refractivity contribution in [2.75, 3.05) is 0 Å². The monoisotopic (exact) mass is 229 g/mol. The van der Waals surface area contributed by atoms with Crippen LogP contribution in [0.2, 0.25) is 0 Å². The van der Waals surface area contributed by atoms with Gasteiger partial charge in [0.25, 0.3) is 0 Å². The lowest BCUT2D eigenvalue weighted by Crippen LogP contribution is -3.00. The van der Waals surface area contributed by atoms with Crippen LogP contribution < -0.4 is 21.5 Å². The Labute approximate surface area is 85.2 Å². The van der Waals surface area contributed by atoms with Crippen LogP contribution in [0.4, 0.5) is 0 Å². The SMILES string of the molecule is Cc1cc[n+](CC(C)C)cc1.[Br-]. The molecule has 0 aliphatic rings. The number of aryl methyl sites for hydroxylation is 1. The van der Waals surface area contributed by atoms with Gasteiger partial charge in [0.05, 0.1) is 0 Å². The normalized spacial score (nSPS) is 9.67. The molecule has 0 spiro atoms. The zero-order chi connectivity index (χ0) is 8.27. The molecule has 0 saturated heterocycles. The summed E-state index contributed by atoms with van der Waals surface area (Å²) in [6.45, 7) is 7.68. The van der Waals surface area contributed by atoms with E-state index < -0.39 is 0 Å². The van der Waals surface area contributed by atoms with E-state index in [1.165, 1.54) is 5.56 Å². The molecule has 1 heterocycles. The summed E-state index contributed by atoms with van der Waals surface area (Å²) in [4.78, 5) is 0. The van der Waals surface area contributed by atoms with Crippen LogP contribution in [0, 0.1) is 12.8 Å². The second kappa shape index (κ2) is 5.31. The van der Waals surface area contributed by atoms with E-state index in [9.17, 15) is 0 Å². The van der Waals surface area contributed by atoms with Crippen molar-refractivity contribution >= 4 is 0 Å². The van der Waals surface area contributed by atoms with E-state index in [0.717, 1.165) is 12.5 Å². The summed E-state index contributed by atoms with van der Waals surface area (Å²) in [5.41, 5.74) is 1.32. The van der Waals surface area contributed by atoms with E-state index in [2.05, 4.69) is 49.9 Å². The molecule has 0 N–H and O–H groups in total. The Bertz CT molecular complexity index is 216. The molecule has 0 amide bonds. The quantitative estimate of drug-likeness (QED) is 0.570. The lowest BCUT2D eigenvalue weighted by molar-refractivity contribution is -0.702. The molecule has 1 aromatic rings. The van der Waals surface area contributed by atoms with Gasteiger partial charge in [-0.15, -0.1) is 0 Å². The molecule has 0 bridgehead atoms. The lowest BCUT2D eigenvalue weighted by atomic mass is 10.2. The highest BCUT2D eigenvalue weighted by Gasteiger charge is 2.01. The summed E-state index contributed by atoms with van der Waals surface area (Å²) in [5.74, 6) is 0.725. The Balaban J connectivity index is 0.00000121. The van der Waals surface area contributed by atoms with Gasteiger partial charge < -0.3 is 17.0 Å². The van der Waals surface area contributed by atoms with Crippen LogP contribution in [-0.4, -0.2) is 0 Å². The first-order valence-corrected chi connectivity index (χ1v) is 4.14. The number of rotatable bonds is 2. The largest absolute Gasteiger partial charge is 1.00 e. The Morgan fingerprint density at radius 1 is 1.25 bits per heavy atom. The van der Waals surface area contributed by atoms with Gasteiger partial charge in [-0.3, -0.25) is 0 Å². The van der Waals surface area contributed by atoms with Crippen molar-refractivity contribution in [3.8, 4) is 0 Å². The van der Waals surface area contributed by atoms with Crippen LogP contribution in [0.3, 0.4) is 0 Å². The zero-order valence-corrected chi connectivity index (χ0v) is 9.51. The van der Waals surface area contributed by atoms with Crippen LogP contribution in [0.5, 0.6) is 0 Å². The van der Waals surface area contributed by atoms with Crippen molar-refractivity contribution in [3.05, 3.63) is 30.1 Å². The molecule has 1 nitrogen and oxygen atoms in total. The summed E-state index contributed by atoms with van der Waals surface area (Å²) in [6, 6.07) is 4.28. The topological polar surface area (TPSA) is 3.88 Å². The van der Waals surface area contributed by atoms with E-state index in [0.29, 0.717) is 0 Å². The summed E-state index contributed by atoms with van der Waals surface area (Å²) >= 11 is 0. The van der Waals surface area contributed by atoms with E-state index in [1.54, 1.807) is 0 Å². The predicted molar refractivity (Wildman–Crippen MR) is 46.2 cm³/mol. The van der Waals surface area contributed by atoms with Gasteiger partial charge in [0, 0.05) is 18.1 Å². The molecule has 12 heavy (non-hydrogen) atoms. The minimum atomic E-state index is 0. The third-order valence-corrected chi connectivity index (χ3v) is 1.63. The molecule has 2 heteroatoms. The van der Waals surface area contributed by atoms with Crippen molar-refractivity contribution in [2.45, 2.75) is 27.3 Å². The van der Waals surface area contributed by atoms with Gasteiger partial charge >= 0.3 is 0 Å². The minimum absolute atomic E-state index is 0. The Hall–Kier alpha value is -0.370. The molecule has 0 aromatic carbocycles. The molecular formula is C10H16BrN. The molecule has 0 atom stereocenters. The summed E-state index contributed by atoms with van der Waals surface area (Å²) in [5, 5.41) is 0. The average molecular weight is 230 g/mol. The van der Waals surface area contributed by atoms with E-state index in [-0.39, 0.29) is 17.0 Å². The second-order valence-corrected chi connectivity index (χ2v) is 3.47. The van der Waals surface area contributed by atoms with Crippen LogP contribution in [0.25, 0.3) is 0 Å². The van der Waals surface area contributed by atoms with E-state index >= 15 is 0 Å². The minimum Gasteiger partial charge on any atom is -1.00 e. The molecule has 0 saturated carbocycles. The first kappa shape index (κ1) is 11.6. The van der Waals surface area contributed by atoms with Gasteiger partial charge in [-0.2, -0.15) is 0 Å². The lowest BCUT2D eigenvalue weighted by Gasteiger charge is -1.99. The summed E-state index contributed by atoms with van der Waals surface area (Å²) in [7, 11) is 0. The highest BCUT2D eigenvalue weighted by molar-refractivity contribution is 5.03. The third-order valence-electron chi connectivity index (χ3n) is 1.63. The molecular weight excluding hydrogens is 214 g/mol. The highest BCUT2D eigenvalue weighted by atomic mass is 79.9. The van der Waals surface area contributed by atoms with Gasteiger partial charge in [0.1, 0.15) is 0 Å². The van der Waals surface area contributed by atoms with Gasteiger partial charge in [-0.1, -0.05) is 13.8 Å². The smallest absolute Gasteiger partial charge is 0.169 e.